The molecule has 0 aliphatic carbocycles. The molecule has 1 saturated heterocycles. The van der Waals surface area contributed by atoms with E-state index in [1.165, 1.54) is 0 Å². The van der Waals surface area contributed by atoms with E-state index < -0.39 is 0 Å². The number of nitrogens with zero attached hydrogens (tertiary/aromatic N) is 1. The van der Waals surface area contributed by atoms with Gasteiger partial charge in [-0.1, -0.05) is 17.3 Å². The minimum Gasteiger partial charge on any atom is -0.493 e. The zero-order chi connectivity index (χ0) is 12.1. The molecule has 5 heteroatoms. The van der Waals surface area contributed by atoms with Crippen molar-refractivity contribution in [2.75, 3.05) is 19.8 Å². The Kier molecular flexibility index (Phi) is 3.82. The molecule has 5 nitrogen and oxygen atoms in total. The topological polar surface area (TPSA) is 77.1 Å². The molecule has 1 heterocycles. The summed E-state index contributed by atoms with van der Waals surface area (Å²) < 4.78 is 10.9. The van der Waals surface area contributed by atoms with Crippen molar-refractivity contribution in [3.63, 3.8) is 0 Å². The van der Waals surface area contributed by atoms with Gasteiger partial charge < -0.3 is 20.4 Å². The molecule has 3 N–H and O–H groups in total. The Balaban J connectivity index is 1.96. The summed E-state index contributed by atoms with van der Waals surface area (Å²) in [6.45, 7) is 2.22. The van der Waals surface area contributed by atoms with Gasteiger partial charge in [0.1, 0.15) is 5.75 Å². The molecule has 1 aromatic rings. The van der Waals surface area contributed by atoms with Crippen LogP contribution >= 0.6 is 0 Å². The van der Waals surface area contributed by atoms with Gasteiger partial charge in [-0.25, -0.2) is 0 Å². The summed E-state index contributed by atoms with van der Waals surface area (Å²) >= 11 is 0. The summed E-state index contributed by atoms with van der Waals surface area (Å²) in [4.78, 5) is 0. The first kappa shape index (κ1) is 11.7. The summed E-state index contributed by atoms with van der Waals surface area (Å²) in [7, 11) is 0. The number of hydrogen-bond acceptors (Lipinski definition) is 4. The molecule has 0 aromatic heterocycles. The van der Waals surface area contributed by atoms with E-state index in [9.17, 15) is 0 Å². The zero-order valence-electron chi connectivity index (χ0n) is 9.50. The fourth-order valence-corrected chi connectivity index (χ4v) is 1.73. The smallest absolute Gasteiger partial charge is 0.170 e. The van der Waals surface area contributed by atoms with Gasteiger partial charge in [0.2, 0.25) is 0 Å². The normalized spacial score (nSPS) is 20.5. The number of nitrogens with two attached hydrogens (primary N) is 1. The predicted molar refractivity (Wildman–Crippen MR) is 63.4 cm³/mol. The van der Waals surface area contributed by atoms with Crippen molar-refractivity contribution < 1.29 is 14.7 Å². The molecule has 0 radical (unpaired) electrons. The van der Waals surface area contributed by atoms with Crippen LogP contribution in [-0.4, -0.2) is 30.9 Å². The van der Waals surface area contributed by atoms with Crippen LogP contribution in [0.25, 0.3) is 0 Å². The molecule has 17 heavy (non-hydrogen) atoms. The maximum atomic E-state index is 8.59. The molecular weight excluding hydrogens is 220 g/mol. The van der Waals surface area contributed by atoms with E-state index in [-0.39, 0.29) is 5.84 Å². The highest BCUT2D eigenvalue weighted by Crippen LogP contribution is 2.17. The number of rotatable bonds is 4. The third-order valence-electron chi connectivity index (χ3n) is 2.75. The Morgan fingerprint density at radius 3 is 3.18 bits per heavy atom. The lowest BCUT2D eigenvalue weighted by molar-refractivity contribution is 0.167. The lowest BCUT2D eigenvalue weighted by Crippen LogP contribution is -2.14. The van der Waals surface area contributed by atoms with Crippen LogP contribution in [0.2, 0.25) is 0 Å². The standard InChI is InChI=1S/C12H16N2O3/c13-12(14-15)10-2-1-3-11(6-10)17-8-9-4-5-16-7-9/h1-3,6,9,15H,4-5,7-8H2,(H2,13,14). The van der Waals surface area contributed by atoms with E-state index in [0.717, 1.165) is 25.4 Å². The number of amidine groups is 1. The monoisotopic (exact) mass is 236 g/mol. The SMILES string of the molecule is N/C(=N/O)c1cccc(OCC2CCOC2)c1. The van der Waals surface area contributed by atoms with E-state index in [0.29, 0.717) is 18.1 Å². The van der Waals surface area contributed by atoms with Crippen molar-refractivity contribution in [3.8, 4) is 5.75 Å². The van der Waals surface area contributed by atoms with Gasteiger partial charge in [0.25, 0.3) is 0 Å². The summed E-state index contributed by atoms with van der Waals surface area (Å²) in [5.41, 5.74) is 6.15. The average molecular weight is 236 g/mol. The summed E-state index contributed by atoms with van der Waals surface area (Å²) in [6, 6.07) is 7.18. The van der Waals surface area contributed by atoms with Gasteiger partial charge in [0.15, 0.2) is 5.84 Å². The fraction of sp³-hybridized carbons (Fsp3) is 0.417. The second kappa shape index (κ2) is 5.54. The first-order chi connectivity index (χ1) is 8.29. The Morgan fingerprint density at radius 1 is 1.59 bits per heavy atom. The molecule has 2 rings (SSSR count). The van der Waals surface area contributed by atoms with Crippen LogP contribution in [0.1, 0.15) is 12.0 Å². The minimum absolute atomic E-state index is 0.0830. The Bertz CT molecular complexity index is 400. The Hall–Kier alpha value is -1.75. The van der Waals surface area contributed by atoms with Crippen molar-refractivity contribution in [1.82, 2.24) is 0 Å². The average Bonchev–Trinajstić information content (AvgIpc) is 2.89. The van der Waals surface area contributed by atoms with E-state index in [4.69, 9.17) is 20.4 Å². The molecule has 0 spiro atoms. The third kappa shape index (κ3) is 3.10. The van der Waals surface area contributed by atoms with E-state index >= 15 is 0 Å². The van der Waals surface area contributed by atoms with Gasteiger partial charge in [-0.05, 0) is 18.6 Å². The maximum absolute atomic E-state index is 8.59. The van der Waals surface area contributed by atoms with Crippen LogP contribution in [0.3, 0.4) is 0 Å². The second-order valence-corrected chi connectivity index (χ2v) is 4.05. The van der Waals surface area contributed by atoms with Crippen molar-refractivity contribution in [1.29, 1.82) is 0 Å². The molecule has 1 aromatic carbocycles. The molecule has 1 aliphatic heterocycles. The lowest BCUT2D eigenvalue weighted by Gasteiger charge is -2.10. The van der Waals surface area contributed by atoms with Crippen LogP contribution in [0.15, 0.2) is 29.4 Å². The van der Waals surface area contributed by atoms with Crippen LogP contribution in [-0.2, 0) is 4.74 Å². The minimum atomic E-state index is 0.0830. The first-order valence-electron chi connectivity index (χ1n) is 5.58. The van der Waals surface area contributed by atoms with Crippen molar-refractivity contribution in [3.05, 3.63) is 29.8 Å². The van der Waals surface area contributed by atoms with Crippen LogP contribution < -0.4 is 10.5 Å². The summed E-state index contributed by atoms with van der Waals surface area (Å²) in [5, 5.41) is 11.5. The molecule has 0 amide bonds. The summed E-state index contributed by atoms with van der Waals surface area (Å²) in [6.07, 6.45) is 1.04. The molecular formula is C12H16N2O3. The predicted octanol–water partition coefficient (Wildman–Crippen LogP) is 1.20. The molecule has 92 valence electrons. The number of oxime groups is 1. The largest absolute Gasteiger partial charge is 0.493 e. The quantitative estimate of drug-likeness (QED) is 0.356. The van der Waals surface area contributed by atoms with Crippen LogP contribution in [0.5, 0.6) is 5.75 Å². The molecule has 0 saturated carbocycles. The number of ether oxygens (including phenoxy) is 2. The van der Waals surface area contributed by atoms with Crippen LogP contribution in [0, 0.1) is 5.92 Å². The third-order valence-corrected chi connectivity index (χ3v) is 2.75. The first-order valence-corrected chi connectivity index (χ1v) is 5.58. The Labute approximate surface area is 99.8 Å². The second-order valence-electron chi connectivity index (χ2n) is 4.05. The number of hydrogen-bond donors (Lipinski definition) is 2. The molecule has 1 aliphatic rings. The van der Waals surface area contributed by atoms with E-state index in [1.54, 1.807) is 12.1 Å². The van der Waals surface area contributed by atoms with Gasteiger partial charge in [0.05, 0.1) is 13.2 Å². The fourth-order valence-electron chi connectivity index (χ4n) is 1.73. The van der Waals surface area contributed by atoms with Crippen LogP contribution in [0.4, 0.5) is 0 Å². The van der Waals surface area contributed by atoms with Gasteiger partial charge in [-0.3, -0.25) is 0 Å². The van der Waals surface area contributed by atoms with Crippen molar-refractivity contribution in [2.24, 2.45) is 16.8 Å². The van der Waals surface area contributed by atoms with Gasteiger partial charge in [-0.15, -0.1) is 0 Å². The maximum Gasteiger partial charge on any atom is 0.170 e. The van der Waals surface area contributed by atoms with E-state index in [1.807, 2.05) is 12.1 Å². The molecule has 1 unspecified atom stereocenters. The van der Waals surface area contributed by atoms with Gasteiger partial charge in [0, 0.05) is 18.1 Å². The molecule has 1 atom stereocenters. The lowest BCUT2D eigenvalue weighted by atomic mass is 10.1. The van der Waals surface area contributed by atoms with Crippen molar-refractivity contribution in [2.45, 2.75) is 6.42 Å². The van der Waals surface area contributed by atoms with Gasteiger partial charge in [-0.2, -0.15) is 0 Å². The van der Waals surface area contributed by atoms with E-state index in [2.05, 4.69) is 5.16 Å². The van der Waals surface area contributed by atoms with Crippen molar-refractivity contribution >= 4 is 5.84 Å². The number of benzene rings is 1. The van der Waals surface area contributed by atoms with Gasteiger partial charge >= 0.3 is 0 Å². The summed E-state index contributed by atoms with van der Waals surface area (Å²) in [5.74, 6) is 1.27. The highest BCUT2D eigenvalue weighted by Gasteiger charge is 2.16. The highest BCUT2D eigenvalue weighted by molar-refractivity contribution is 5.97. The highest BCUT2D eigenvalue weighted by atomic mass is 16.5. The zero-order valence-corrected chi connectivity index (χ0v) is 9.50. The Morgan fingerprint density at radius 2 is 2.47 bits per heavy atom. The molecule has 0 bridgehead atoms. The molecule has 1 fully saturated rings.